The third-order valence-electron chi connectivity index (χ3n) is 11.1. The van der Waals surface area contributed by atoms with Crippen LogP contribution in [0.4, 0.5) is 0 Å². The Morgan fingerprint density at radius 1 is 1.02 bits per heavy atom. The first-order valence-electron chi connectivity index (χ1n) is 18.0. The van der Waals surface area contributed by atoms with Crippen molar-refractivity contribution in [3.05, 3.63) is 41.7 Å². The van der Waals surface area contributed by atoms with Crippen molar-refractivity contribution in [1.29, 1.82) is 0 Å². The number of rotatable bonds is 12. The minimum atomic E-state index is -3.50. The Kier molecular flexibility index (Phi) is 10.8. The molecule has 0 bridgehead atoms. The fourth-order valence-corrected chi connectivity index (χ4v) is 8.80. The van der Waals surface area contributed by atoms with Crippen molar-refractivity contribution in [2.75, 3.05) is 26.0 Å². The number of primary amides is 1. The van der Waals surface area contributed by atoms with Gasteiger partial charge in [-0.15, -0.1) is 5.10 Å². The molecule has 3 heterocycles. The van der Waals surface area contributed by atoms with E-state index in [9.17, 15) is 37.5 Å². The number of hydrogen-bond acceptors (Lipinski definition) is 11. The first-order chi connectivity index (χ1) is 24.7. The maximum Gasteiger partial charge on any atom is 0.287 e. The number of aliphatic hydroxyl groups is 1. The molecule has 1 unspecified atom stereocenters. The molecule has 1 aromatic carbocycles. The molecule has 4 fully saturated rings. The highest BCUT2D eigenvalue weighted by Gasteiger charge is 2.50. The number of Topliss-reactive ketones (excluding diaryl/α,β-unsaturated/α-hetero) is 1. The van der Waals surface area contributed by atoms with Crippen molar-refractivity contribution in [1.82, 2.24) is 30.5 Å². The first-order valence-corrected chi connectivity index (χ1v) is 19.9. The molecule has 2 saturated heterocycles. The molecule has 16 nitrogen and oxygen atoms in total. The van der Waals surface area contributed by atoms with E-state index in [1.165, 1.54) is 40.0 Å². The average molecular weight is 742 g/mol. The summed E-state index contributed by atoms with van der Waals surface area (Å²) < 4.78 is 30.8. The van der Waals surface area contributed by atoms with E-state index >= 15 is 0 Å². The van der Waals surface area contributed by atoms with Gasteiger partial charge in [0.1, 0.15) is 17.6 Å². The van der Waals surface area contributed by atoms with Gasteiger partial charge < -0.3 is 31.1 Å². The molecular formula is C35H47N7O9S. The summed E-state index contributed by atoms with van der Waals surface area (Å²) in [4.78, 5) is 69.5. The van der Waals surface area contributed by atoms with Crippen LogP contribution < -0.4 is 16.4 Å². The highest BCUT2D eigenvalue weighted by molar-refractivity contribution is 7.90. The Bertz CT molecular complexity index is 1800. The van der Waals surface area contributed by atoms with Crippen molar-refractivity contribution in [3.63, 3.8) is 0 Å². The van der Waals surface area contributed by atoms with Gasteiger partial charge in [-0.2, -0.15) is 0 Å². The quantitative estimate of drug-likeness (QED) is 0.221. The van der Waals surface area contributed by atoms with Gasteiger partial charge in [0.15, 0.2) is 15.4 Å². The Morgan fingerprint density at radius 3 is 2.27 bits per heavy atom. The van der Waals surface area contributed by atoms with E-state index in [0.717, 1.165) is 44.8 Å². The lowest BCUT2D eigenvalue weighted by atomic mass is 9.78. The topological polar surface area (TPSA) is 233 Å². The summed E-state index contributed by atoms with van der Waals surface area (Å²) in [6.45, 7) is 0.0250. The highest BCUT2D eigenvalue weighted by Crippen LogP contribution is 2.37. The van der Waals surface area contributed by atoms with Crippen LogP contribution in [0.3, 0.4) is 0 Å². The number of carbonyl (C=O) groups excluding carboxylic acids is 5. The molecule has 2 aromatic rings. The summed E-state index contributed by atoms with van der Waals surface area (Å²) in [6.07, 6.45) is 10.1. The Labute approximate surface area is 302 Å². The normalized spacial score (nSPS) is 23.6. The smallest absolute Gasteiger partial charge is 0.287 e. The van der Waals surface area contributed by atoms with Crippen LogP contribution in [0.15, 0.2) is 35.4 Å². The number of aromatic nitrogens is 3. The number of ketones is 1. The van der Waals surface area contributed by atoms with Crippen LogP contribution in [0.2, 0.25) is 0 Å². The fraction of sp³-hybridized carbons (Fsp3) is 0.629. The summed E-state index contributed by atoms with van der Waals surface area (Å²) in [5.41, 5.74) is 3.13. The van der Waals surface area contributed by atoms with E-state index in [1.807, 2.05) is 0 Å². The van der Waals surface area contributed by atoms with Crippen molar-refractivity contribution < 1.29 is 42.2 Å². The summed E-state index contributed by atoms with van der Waals surface area (Å²) in [7, 11) is -3.50. The van der Waals surface area contributed by atoms with E-state index < -0.39 is 68.5 Å². The fourth-order valence-electron chi connectivity index (χ4n) is 8.17. The monoisotopic (exact) mass is 741 g/mol. The number of sulfone groups is 1. The van der Waals surface area contributed by atoms with Crippen LogP contribution >= 0.6 is 0 Å². The number of nitrogens with two attached hydrogens (primary N) is 1. The maximum atomic E-state index is 14.8. The summed E-state index contributed by atoms with van der Waals surface area (Å²) >= 11 is 0. The molecule has 2 aliphatic heterocycles. The van der Waals surface area contributed by atoms with E-state index in [2.05, 4.69) is 20.9 Å². The van der Waals surface area contributed by atoms with Gasteiger partial charge in [0.25, 0.3) is 11.8 Å². The number of likely N-dealkylation sites (tertiary alicyclic amines) is 1. The van der Waals surface area contributed by atoms with Crippen molar-refractivity contribution >= 4 is 39.2 Å². The van der Waals surface area contributed by atoms with Crippen LogP contribution in [0.5, 0.6) is 0 Å². The van der Waals surface area contributed by atoms with Crippen molar-refractivity contribution in [2.24, 2.45) is 11.7 Å². The van der Waals surface area contributed by atoms with Crippen LogP contribution in [-0.4, -0.2) is 106 Å². The molecule has 4 amide bonds. The molecule has 52 heavy (non-hydrogen) atoms. The second-order valence-corrected chi connectivity index (χ2v) is 16.9. The van der Waals surface area contributed by atoms with Crippen LogP contribution in [-0.2, 0) is 39.4 Å². The second kappa shape index (κ2) is 15.0. The lowest BCUT2D eigenvalue weighted by molar-refractivity contribution is -0.189. The van der Waals surface area contributed by atoms with Crippen LogP contribution in [0.1, 0.15) is 99.1 Å². The Hall–Kier alpha value is -4.22. The van der Waals surface area contributed by atoms with E-state index in [-0.39, 0.29) is 55.4 Å². The molecular weight excluding hydrogens is 694 g/mol. The molecule has 6 rings (SSSR count). The lowest BCUT2D eigenvalue weighted by Crippen LogP contribution is -2.62. The maximum absolute atomic E-state index is 14.8. The summed E-state index contributed by atoms with van der Waals surface area (Å²) in [6, 6.07) is 2.63. The predicted octanol–water partition coefficient (Wildman–Crippen LogP) is 0.684. The predicted molar refractivity (Wildman–Crippen MR) is 184 cm³/mol. The molecule has 2 aliphatic carbocycles. The first kappa shape index (κ1) is 37.5. The molecule has 282 valence electrons. The number of hydrogen-bond donors (Lipinski definition) is 4. The Morgan fingerprint density at radius 2 is 1.67 bits per heavy atom. The SMILES string of the molecule is CS(=O)(=O)c1ccc(C(=O)NC(CC2CCCCC2)C(=O)N2C[C@@H](n3nncc3C3(O)COC3)C[C@H]2C(=O)NC2(C(=O)C(N)=O)CCCCC2)cc1. The molecule has 0 spiro atoms. The molecule has 0 radical (unpaired) electrons. The number of amides is 4. The number of ether oxygens (including phenoxy) is 1. The zero-order valence-electron chi connectivity index (χ0n) is 29.3. The molecule has 1 aromatic heterocycles. The second-order valence-electron chi connectivity index (χ2n) is 14.9. The van der Waals surface area contributed by atoms with Gasteiger partial charge in [-0.1, -0.05) is 56.6 Å². The van der Waals surface area contributed by atoms with E-state index in [1.54, 1.807) is 0 Å². The van der Waals surface area contributed by atoms with Gasteiger partial charge in [0.05, 0.1) is 36.0 Å². The minimum Gasteiger partial charge on any atom is -0.379 e. The highest BCUT2D eigenvalue weighted by atomic mass is 32.2. The van der Waals surface area contributed by atoms with Gasteiger partial charge in [0.2, 0.25) is 17.6 Å². The lowest BCUT2D eigenvalue weighted by Gasteiger charge is -2.38. The zero-order chi connectivity index (χ0) is 37.3. The van der Waals surface area contributed by atoms with E-state index in [4.69, 9.17) is 10.5 Å². The van der Waals surface area contributed by atoms with Gasteiger partial charge in [-0.05, 0) is 49.4 Å². The molecule has 5 N–H and O–H groups in total. The third kappa shape index (κ3) is 7.76. The number of carbonyl (C=O) groups is 5. The van der Waals surface area contributed by atoms with Crippen LogP contribution in [0, 0.1) is 5.92 Å². The molecule has 3 atom stereocenters. The van der Waals surface area contributed by atoms with Crippen molar-refractivity contribution in [2.45, 2.75) is 111 Å². The van der Waals surface area contributed by atoms with E-state index in [0.29, 0.717) is 25.0 Å². The minimum absolute atomic E-state index is 0.0259. The number of nitrogens with one attached hydrogen (secondary N) is 2. The summed E-state index contributed by atoms with van der Waals surface area (Å²) in [5.74, 6) is -3.63. The van der Waals surface area contributed by atoms with Gasteiger partial charge in [-0.25, -0.2) is 13.1 Å². The zero-order valence-corrected chi connectivity index (χ0v) is 30.1. The standard InChI is InChI=1S/C35H47N7O9S/c1-52(49,50)25-12-10-23(11-13-25)31(45)38-26(16-22-8-4-2-5-9-22)33(47)41-19-24(42-28(18-37-40-42)35(48)20-51-21-35)17-27(41)32(46)39-34(29(43)30(36)44)14-6-3-7-15-34/h10-13,18,22,24,26-27,48H,2-9,14-17,19-21H2,1H3,(H2,36,44)(H,38,45)(H,39,46)/t24-,26?,27-/m0/s1. The Balaban J connectivity index is 1.32. The summed E-state index contributed by atoms with van der Waals surface area (Å²) in [5, 5.41) is 25.1. The van der Waals surface area contributed by atoms with Gasteiger partial charge >= 0.3 is 0 Å². The van der Waals surface area contributed by atoms with Crippen molar-refractivity contribution in [3.8, 4) is 0 Å². The van der Waals surface area contributed by atoms with Crippen LogP contribution in [0.25, 0.3) is 0 Å². The molecule has 17 heteroatoms. The third-order valence-corrected chi connectivity index (χ3v) is 12.2. The molecule has 2 saturated carbocycles. The number of nitrogens with zero attached hydrogens (tertiary/aromatic N) is 4. The molecule has 4 aliphatic rings. The van der Waals surface area contributed by atoms with Gasteiger partial charge in [0, 0.05) is 24.8 Å². The number of benzene rings is 1. The largest absolute Gasteiger partial charge is 0.379 e. The average Bonchev–Trinajstić information content (AvgIpc) is 3.79. The van der Waals surface area contributed by atoms with Gasteiger partial charge in [-0.3, -0.25) is 24.0 Å².